The molecular weight excluding hydrogens is 556 g/mol. The number of nitrogens with one attached hydrogen (secondary N) is 2. The number of rotatable bonds is 3. The normalized spacial score (nSPS) is 18.1. The summed E-state index contributed by atoms with van der Waals surface area (Å²) in [6.07, 6.45) is -4.92. The number of benzene rings is 2. The summed E-state index contributed by atoms with van der Waals surface area (Å²) in [5, 5.41) is 9.69. The van der Waals surface area contributed by atoms with E-state index < -0.39 is 24.2 Å². The van der Waals surface area contributed by atoms with Crippen molar-refractivity contribution < 1.29 is 18.0 Å². The second-order valence-corrected chi connectivity index (χ2v) is 9.21. The minimum absolute atomic E-state index is 0.0829. The van der Waals surface area contributed by atoms with Crippen LogP contribution in [0, 0.1) is 0 Å². The molecule has 2 aromatic carbocycles. The Balaban J connectivity index is 1.70. The molecule has 2 heterocycles. The van der Waals surface area contributed by atoms with E-state index in [1.165, 1.54) is 18.2 Å². The van der Waals surface area contributed by atoms with Crippen LogP contribution < -0.4 is 10.6 Å². The first-order chi connectivity index (χ1) is 15.0. The van der Waals surface area contributed by atoms with Crippen molar-refractivity contribution in [2.75, 3.05) is 10.6 Å². The molecule has 0 fully saturated rings. The molecule has 1 amide bonds. The van der Waals surface area contributed by atoms with E-state index in [-0.39, 0.29) is 33.7 Å². The molecule has 12 heteroatoms. The van der Waals surface area contributed by atoms with Gasteiger partial charge in [-0.25, -0.2) is 4.68 Å². The molecule has 5 nitrogen and oxygen atoms in total. The average Bonchev–Trinajstić information content (AvgIpc) is 3.06. The Kier molecular flexibility index (Phi) is 6.37. The molecule has 3 aromatic rings. The van der Waals surface area contributed by atoms with E-state index >= 15 is 0 Å². The van der Waals surface area contributed by atoms with Crippen molar-refractivity contribution in [2.24, 2.45) is 0 Å². The predicted molar refractivity (Wildman–Crippen MR) is 122 cm³/mol. The summed E-state index contributed by atoms with van der Waals surface area (Å²) < 4.78 is 43.2. The lowest BCUT2D eigenvalue weighted by Crippen LogP contribution is -2.35. The Morgan fingerprint density at radius 3 is 2.47 bits per heavy atom. The largest absolute Gasteiger partial charge is 0.410 e. The molecule has 0 saturated carbocycles. The number of amides is 1. The van der Waals surface area contributed by atoms with E-state index in [2.05, 4.69) is 31.7 Å². The molecule has 0 radical (unpaired) electrons. The van der Waals surface area contributed by atoms with Crippen LogP contribution in [0.2, 0.25) is 15.1 Å². The van der Waals surface area contributed by atoms with E-state index in [0.29, 0.717) is 10.6 Å². The zero-order chi connectivity index (χ0) is 23.2. The molecule has 0 saturated heterocycles. The van der Waals surface area contributed by atoms with Gasteiger partial charge in [-0.1, -0.05) is 62.9 Å². The van der Waals surface area contributed by atoms with Gasteiger partial charge in [0.1, 0.15) is 10.8 Å². The van der Waals surface area contributed by atoms with Crippen LogP contribution in [0.4, 0.5) is 24.7 Å². The summed E-state index contributed by atoms with van der Waals surface area (Å²) in [5.74, 6) is -0.885. The summed E-state index contributed by atoms with van der Waals surface area (Å²) in [6, 6.07) is 8.64. The first-order valence-electron chi connectivity index (χ1n) is 9.17. The molecule has 1 aliphatic heterocycles. The number of halogens is 7. The molecule has 1 aliphatic rings. The van der Waals surface area contributed by atoms with Crippen molar-refractivity contribution in [3.63, 3.8) is 0 Å². The molecule has 2 atom stereocenters. The van der Waals surface area contributed by atoms with Gasteiger partial charge in [-0.3, -0.25) is 4.79 Å². The fourth-order valence-electron chi connectivity index (χ4n) is 3.42. The van der Waals surface area contributed by atoms with Gasteiger partial charge in [0.25, 0.3) is 5.91 Å². The predicted octanol–water partition coefficient (Wildman–Crippen LogP) is 7.52. The highest BCUT2D eigenvalue weighted by Crippen LogP contribution is 2.46. The Morgan fingerprint density at radius 2 is 1.84 bits per heavy atom. The lowest BCUT2D eigenvalue weighted by molar-refractivity contribution is -0.173. The quantitative estimate of drug-likeness (QED) is 0.344. The third kappa shape index (κ3) is 4.57. The van der Waals surface area contributed by atoms with Crippen LogP contribution in [0.1, 0.15) is 34.6 Å². The number of fused-ring (bicyclic) bond motifs is 1. The minimum atomic E-state index is -4.60. The van der Waals surface area contributed by atoms with Crippen LogP contribution in [0.15, 0.2) is 46.9 Å². The maximum atomic E-state index is 13.9. The maximum absolute atomic E-state index is 13.9. The Labute approximate surface area is 204 Å². The molecule has 1 aromatic heterocycles. The first kappa shape index (κ1) is 23.2. The second-order valence-electron chi connectivity index (χ2n) is 7.08. The SMILES string of the molecule is O=C(Nc1ccc(Cl)cc1Cl)c1nn2c(c1Cl)N[C@@H](c1ccc(Br)cc1)C[C@@H]2C(F)(F)F. The number of nitrogens with zero attached hydrogens (tertiary/aromatic N) is 2. The van der Waals surface area contributed by atoms with Crippen LogP contribution in [-0.2, 0) is 0 Å². The Hall–Kier alpha value is -1.94. The van der Waals surface area contributed by atoms with E-state index in [0.717, 1.165) is 9.15 Å². The fraction of sp³-hybridized carbons (Fsp3) is 0.200. The van der Waals surface area contributed by atoms with Crippen molar-refractivity contribution in [3.8, 4) is 0 Å². The number of aromatic nitrogens is 2. The van der Waals surface area contributed by atoms with Gasteiger partial charge >= 0.3 is 6.18 Å². The van der Waals surface area contributed by atoms with Gasteiger partial charge in [-0.2, -0.15) is 18.3 Å². The summed E-state index contributed by atoms with van der Waals surface area (Å²) >= 11 is 21.5. The smallest absolute Gasteiger partial charge is 0.362 e. The van der Waals surface area contributed by atoms with Gasteiger partial charge in [0.05, 0.1) is 16.8 Å². The average molecular weight is 569 g/mol. The number of hydrogen-bond acceptors (Lipinski definition) is 3. The summed E-state index contributed by atoms with van der Waals surface area (Å²) in [5.41, 5.74) is 0.506. The van der Waals surface area contributed by atoms with E-state index in [9.17, 15) is 18.0 Å². The third-order valence-electron chi connectivity index (χ3n) is 4.96. The zero-order valence-corrected chi connectivity index (χ0v) is 19.7. The van der Waals surface area contributed by atoms with Crippen LogP contribution in [0.3, 0.4) is 0 Å². The molecule has 0 aliphatic carbocycles. The highest BCUT2D eigenvalue weighted by atomic mass is 79.9. The fourth-order valence-corrected chi connectivity index (χ4v) is 4.41. The third-order valence-corrected chi connectivity index (χ3v) is 6.40. The Morgan fingerprint density at radius 1 is 1.16 bits per heavy atom. The van der Waals surface area contributed by atoms with E-state index in [1.807, 2.05) is 0 Å². The molecule has 32 heavy (non-hydrogen) atoms. The molecule has 0 bridgehead atoms. The molecular formula is C20H13BrCl3F3N4O. The van der Waals surface area contributed by atoms with Crippen LogP contribution in [0.5, 0.6) is 0 Å². The van der Waals surface area contributed by atoms with Crippen LogP contribution >= 0.6 is 50.7 Å². The molecule has 168 valence electrons. The molecule has 0 unspecified atom stereocenters. The molecule has 2 N–H and O–H groups in total. The van der Waals surface area contributed by atoms with E-state index in [4.69, 9.17) is 34.8 Å². The topological polar surface area (TPSA) is 59.0 Å². The van der Waals surface area contributed by atoms with Crippen molar-refractivity contribution in [1.29, 1.82) is 0 Å². The first-order valence-corrected chi connectivity index (χ1v) is 11.1. The van der Waals surface area contributed by atoms with Crippen molar-refractivity contribution in [2.45, 2.75) is 24.7 Å². The van der Waals surface area contributed by atoms with Crippen molar-refractivity contribution >= 4 is 68.1 Å². The second kappa shape index (κ2) is 8.78. The maximum Gasteiger partial charge on any atom is 0.410 e. The number of carbonyl (C=O) groups is 1. The molecule has 0 spiro atoms. The summed E-state index contributed by atoms with van der Waals surface area (Å²) in [6.45, 7) is 0. The van der Waals surface area contributed by atoms with Gasteiger partial charge in [-0.15, -0.1) is 0 Å². The summed E-state index contributed by atoms with van der Waals surface area (Å²) in [7, 11) is 0. The van der Waals surface area contributed by atoms with Gasteiger partial charge in [0, 0.05) is 15.9 Å². The van der Waals surface area contributed by atoms with Crippen molar-refractivity contribution in [1.82, 2.24) is 9.78 Å². The highest BCUT2D eigenvalue weighted by Gasteiger charge is 2.47. The minimum Gasteiger partial charge on any atom is -0.362 e. The number of carbonyl (C=O) groups excluding carboxylic acids is 1. The zero-order valence-electron chi connectivity index (χ0n) is 15.9. The monoisotopic (exact) mass is 566 g/mol. The van der Waals surface area contributed by atoms with Crippen LogP contribution in [0.25, 0.3) is 0 Å². The number of hydrogen-bond donors (Lipinski definition) is 2. The van der Waals surface area contributed by atoms with Crippen LogP contribution in [-0.4, -0.2) is 21.9 Å². The summed E-state index contributed by atoms with van der Waals surface area (Å²) in [4.78, 5) is 12.8. The lowest BCUT2D eigenvalue weighted by Gasteiger charge is -2.33. The lowest BCUT2D eigenvalue weighted by atomic mass is 9.97. The van der Waals surface area contributed by atoms with E-state index in [1.54, 1.807) is 24.3 Å². The number of alkyl halides is 3. The van der Waals surface area contributed by atoms with Gasteiger partial charge in [0.2, 0.25) is 0 Å². The highest BCUT2D eigenvalue weighted by molar-refractivity contribution is 9.10. The van der Waals surface area contributed by atoms with Crippen molar-refractivity contribution in [3.05, 3.63) is 73.3 Å². The molecule has 4 rings (SSSR count). The van der Waals surface area contributed by atoms with Gasteiger partial charge in [-0.05, 0) is 35.9 Å². The standard InChI is InChI=1S/C20H13BrCl3F3N4O/c21-10-3-1-9(2-4-10)14-8-15(20(25,26)27)31-18(28-14)16(24)17(30-31)19(32)29-13-6-5-11(22)7-12(13)23/h1-7,14-15,28H,8H2,(H,29,32)/t14-,15-/m1/s1. The van der Waals surface area contributed by atoms with Gasteiger partial charge < -0.3 is 10.6 Å². The number of anilines is 2. The Bertz CT molecular complexity index is 1180. The van der Waals surface area contributed by atoms with Gasteiger partial charge in [0.15, 0.2) is 11.7 Å².